The first-order valence-corrected chi connectivity index (χ1v) is 8.91. The number of benzene rings is 1. The van der Waals surface area contributed by atoms with Crippen molar-refractivity contribution >= 4 is 40.1 Å². The number of hydrogen-bond acceptors (Lipinski definition) is 4. The van der Waals surface area contributed by atoms with Gasteiger partial charge in [0.2, 0.25) is 0 Å². The molecule has 0 atom stereocenters. The maximum Gasteiger partial charge on any atom is 0.330 e. The molecule has 0 spiro atoms. The van der Waals surface area contributed by atoms with Crippen molar-refractivity contribution in [2.75, 3.05) is 6.61 Å². The minimum atomic E-state index is -0.475. The number of nitrogens with zero attached hydrogens (tertiary/aromatic N) is 3. The van der Waals surface area contributed by atoms with Crippen LogP contribution in [0.3, 0.4) is 0 Å². The Kier molecular flexibility index (Phi) is 5.17. The number of carbonyl (C=O) groups excluding carboxylic acids is 1. The molecule has 0 radical (unpaired) electrons. The number of halogens is 2. The van der Waals surface area contributed by atoms with Gasteiger partial charge in [-0.05, 0) is 25.1 Å². The fraction of sp³-hybridized carbons (Fsp3) is 0.278. The summed E-state index contributed by atoms with van der Waals surface area (Å²) in [6, 6.07) is 4.87. The Morgan fingerprint density at radius 3 is 2.48 bits per heavy atom. The molecule has 3 aromatic rings. The lowest BCUT2D eigenvalue weighted by Crippen LogP contribution is -2.36. The summed E-state index contributed by atoms with van der Waals surface area (Å²) < 4.78 is 8.96. The normalized spacial score (nSPS) is 11.1. The zero-order valence-electron chi connectivity index (χ0n) is 15.0. The van der Waals surface area contributed by atoms with E-state index in [-0.39, 0.29) is 18.5 Å². The van der Waals surface area contributed by atoms with Crippen molar-refractivity contribution in [1.29, 1.82) is 0 Å². The minimum Gasteiger partial charge on any atom is -0.465 e. The van der Waals surface area contributed by atoms with Crippen LogP contribution in [0.2, 0.25) is 10.0 Å². The number of hydrogen-bond donors (Lipinski definition) is 0. The van der Waals surface area contributed by atoms with Gasteiger partial charge in [0.25, 0.3) is 5.56 Å². The smallest absolute Gasteiger partial charge is 0.330 e. The summed E-state index contributed by atoms with van der Waals surface area (Å²) in [6.07, 6.45) is 1.58. The standard InChI is InChI=1S/C18H17Cl2N3O4/c1-4-27-14(24)9-23-8-13-15(17(25)22(3)18(26)21(13)2)16(23)11-6-5-10(19)7-12(11)20/h5-8H,4,9H2,1-3H3. The number of fused-ring (bicyclic) bond motifs is 1. The van der Waals surface area contributed by atoms with Crippen LogP contribution in [-0.4, -0.2) is 26.3 Å². The van der Waals surface area contributed by atoms with E-state index in [4.69, 9.17) is 27.9 Å². The van der Waals surface area contributed by atoms with E-state index in [2.05, 4.69) is 0 Å². The molecule has 142 valence electrons. The van der Waals surface area contributed by atoms with Crippen molar-refractivity contribution in [3.8, 4) is 11.3 Å². The van der Waals surface area contributed by atoms with Crippen LogP contribution in [0.15, 0.2) is 34.0 Å². The molecule has 0 unspecified atom stereocenters. The summed E-state index contributed by atoms with van der Waals surface area (Å²) in [5.74, 6) is -0.467. The molecule has 0 aliphatic carbocycles. The SMILES string of the molecule is CCOC(=O)Cn1cc2c(c1-c1ccc(Cl)cc1Cl)c(=O)n(C)c(=O)n2C. The van der Waals surface area contributed by atoms with Gasteiger partial charge in [0, 0.05) is 30.9 Å². The Balaban J connectivity index is 2.42. The molecule has 0 saturated heterocycles. The summed E-state index contributed by atoms with van der Waals surface area (Å²) in [7, 11) is 2.96. The maximum absolute atomic E-state index is 12.8. The van der Waals surface area contributed by atoms with Crippen molar-refractivity contribution < 1.29 is 9.53 Å². The van der Waals surface area contributed by atoms with Gasteiger partial charge in [-0.15, -0.1) is 0 Å². The van der Waals surface area contributed by atoms with Gasteiger partial charge >= 0.3 is 11.7 Å². The van der Waals surface area contributed by atoms with Crippen LogP contribution >= 0.6 is 23.2 Å². The molecular weight excluding hydrogens is 393 g/mol. The Bertz CT molecular complexity index is 1170. The summed E-state index contributed by atoms with van der Waals surface area (Å²) in [5, 5.41) is 1.05. The van der Waals surface area contributed by atoms with E-state index < -0.39 is 17.2 Å². The third-order valence-corrected chi connectivity index (χ3v) is 4.85. The van der Waals surface area contributed by atoms with E-state index in [1.807, 2.05) is 0 Å². The lowest BCUT2D eigenvalue weighted by atomic mass is 10.1. The molecule has 2 aromatic heterocycles. The van der Waals surface area contributed by atoms with Gasteiger partial charge in [-0.2, -0.15) is 0 Å². The number of rotatable bonds is 4. The van der Waals surface area contributed by atoms with Gasteiger partial charge in [0.1, 0.15) is 6.54 Å². The van der Waals surface area contributed by atoms with E-state index in [0.29, 0.717) is 26.8 Å². The van der Waals surface area contributed by atoms with Crippen molar-refractivity contribution in [2.45, 2.75) is 13.5 Å². The number of esters is 1. The number of ether oxygens (including phenoxy) is 1. The molecule has 0 saturated carbocycles. The average molecular weight is 410 g/mol. The third kappa shape index (κ3) is 3.28. The second-order valence-electron chi connectivity index (χ2n) is 6.00. The van der Waals surface area contributed by atoms with Crippen molar-refractivity contribution in [2.24, 2.45) is 14.1 Å². The van der Waals surface area contributed by atoms with Crippen molar-refractivity contribution in [3.63, 3.8) is 0 Å². The minimum absolute atomic E-state index is 0.131. The highest BCUT2D eigenvalue weighted by Gasteiger charge is 2.22. The first-order valence-electron chi connectivity index (χ1n) is 8.16. The monoisotopic (exact) mass is 409 g/mol. The molecule has 0 amide bonds. The molecule has 0 fully saturated rings. The molecule has 0 N–H and O–H groups in total. The Hall–Kier alpha value is -2.51. The van der Waals surface area contributed by atoms with Gasteiger partial charge in [-0.1, -0.05) is 23.2 Å². The molecule has 2 heterocycles. The number of carbonyl (C=O) groups is 1. The van der Waals surface area contributed by atoms with Crippen LogP contribution in [0.25, 0.3) is 22.2 Å². The molecule has 1 aromatic carbocycles. The summed E-state index contributed by atoms with van der Waals surface area (Å²) >= 11 is 12.4. The highest BCUT2D eigenvalue weighted by molar-refractivity contribution is 6.36. The predicted molar refractivity (Wildman–Crippen MR) is 105 cm³/mol. The largest absolute Gasteiger partial charge is 0.465 e. The van der Waals surface area contributed by atoms with Crippen LogP contribution in [0.5, 0.6) is 0 Å². The number of aryl methyl sites for hydroxylation is 1. The lowest BCUT2D eigenvalue weighted by Gasteiger charge is -2.11. The Morgan fingerprint density at radius 1 is 1.15 bits per heavy atom. The van der Waals surface area contributed by atoms with Crippen molar-refractivity contribution in [3.05, 3.63) is 55.3 Å². The van der Waals surface area contributed by atoms with Crippen LogP contribution in [0.1, 0.15) is 6.92 Å². The summed E-state index contributed by atoms with van der Waals surface area (Å²) in [5.41, 5.74) is 0.409. The molecule has 3 rings (SSSR count). The molecule has 7 nitrogen and oxygen atoms in total. The molecule has 0 aliphatic rings. The molecular formula is C18H17Cl2N3O4. The highest BCUT2D eigenvalue weighted by Crippen LogP contribution is 2.34. The average Bonchev–Trinajstić information content (AvgIpc) is 2.97. The topological polar surface area (TPSA) is 75.2 Å². The van der Waals surface area contributed by atoms with Gasteiger partial charge < -0.3 is 9.30 Å². The van der Waals surface area contributed by atoms with Gasteiger partial charge in [0.05, 0.1) is 28.2 Å². The van der Waals surface area contributed by atoms with E-state index >= 15 is 0 Å². The second-order valence-corrected chi connectivity index (χ2v) is 6.84. The van der Waals surface area contributed by atoms with E-state index in [1.54, 1.807) is 42.9 Å². The van der Waals surface area contributed by atoms with Crippen LogP contribution in [0.4, 0.5) is 0 Å². The van der Waals surface area contributed by atoms with Crippen LogP contribution in [-0.2, 0) is 30.2 Å². The first-order chi connectivity index (χ1) is 12.8. The second kappa shape index (κ2) is 7.25. The fourth-order valence-corrected chi connectivity index (χ4v) is 3.53. The van der Waals surface area contributed by atoms with Crippen molar-refractivity contribution in [1.82, 2.24) is 13.7 Å². The van der Waals surface area contributed by atoms with Crippen LogP contribution in [0, 0.1) is 0 Å². The van der Waals surface area contributed by atoms with E-state index in [1.165, 1.54) is 11.6 Å². The van der Waals surface area contributed by atoms with Gasteiger partial charge in [-0.3, -0.25) is 18.7 Å². The van der Waals surface area contributed by atoms with Gasteiger partial charge in [-0.25, -0.2) is 4.79 Å². The number of aromatic nitrogens is 3. The molecule has 0 aliphatic heterocycles. The summed E-state index contributed by atoms with van der Waals surface area (Å²) in [4.78, 5) is 37.2. The van der Waals surface area contributed by atoms with E-state index in [9.17, 15) is 14.4 Å². The van der Waals surface area contributed by atoms with Crippen LogP contribution < -0.4 is 11.2 Å². The maximum atomic E-state index is 12.8. The zero-order valence-corrected chi connectivity index (χ0v) is 16.5. The lowest BCUT2D eigenvalue weighted by molar-refractivity contribution is -0.143. The Morgan fingerprint density at radius 2 is 1.85 bits per heavy atom. The van der Waals surface area contributed by atoms with E-state index in [0.717, 1.165) is 4.57 Å². The molecule has 0 bridgehead atoms. The molecule has 27 heavy (non-hydrogen) atoms. The highest BCUT2D eigenvalue weighted by atomic mass is 35.5. The predicted octanol–water partition coefficient (Wildman–Crippen LogP) is 2.58. The first kappa shape index (κ1) is 19.3. The van der Waals surface area contributed by atoms with Gasteiger partial charge in [0.15, 0.2) is 0 Å². The molecule has 9 heteroatoms. The fourth-order valence-electron chi connectivity index (χ4n) is 3.03. The Labute approximate surface area is 164 Å². The third-order valence-electron chi connectivity index (χ3n) is 4.30. The zero-order chi connectivity index (χ0) is 19.9. The quantitative estimate of drug-likeness (QED) is 0.620. The summed E-state index contributed by atoms with van der Waals surface area (Å²) in [6.45, 7) is 1.81.